The number of aromatic nitrogens is 4. The third-order valence-electron chi connectivity index (χ3n) is 11.5. The molecule has 61 heavy (non-hydrogen) atoms. The molecule has 20 heteroatoms. The molecule has 4 heterocycles. The number of rotatable bonds is 18. The first-order chi connectivity index (χ1) is 29.4. The van der Waals surface area contributed by atoms with Crippen molar-refractivity contribution in [3.8, 4) is 17.1 Å². The molecule has 0 radical (unpaired) electrons. The van der Waals surface area contributed by atoms with E-state index in [0.29, 0.717) is 35.3 Å². The Bertz CT molecular complexity index is 2190. The van der Waals surface area contributed by atoms with Crippen molar-refractivity contribution in [2.45, 2.75) is 75.8 Å². The predicted octanol–water partition coefficient (Wildman–Crippen LogP) is 2.23. The van der Waals surface area contributed by atoms with Gasteiger partial charge >= 0.3 is 11.9 Å². The van der Waals surface area contributed by atoms with Crippen LogP contribution in [0.3, 0.4) is 0 Å². The van der Waals surface area contributed by atoms with Crippen LogP contribution in [-0.2, 0) is 46.4 Å². The number of anilines is 1. The minimum absolute atomic E-state index is 0.0000204. The minimum Gasteiger partial charge on any atom is -0.479 e. The molecule has 3 aliphatic carbocycles. The highest BCUT2D eigenvalue weighted by Crippen LogP contribution is 2.50. The molecular weight excluding hydrogens is 806 g/mol. The van der Waals surface area contributed by atoms with E-state index in [0.717, 1.165) is 38.1 Å². The summed E-state index contributed by atoms with van der Waals surface area (Å²) < 4.78 is 57.2. The fraction of sp³-hybridized carbons (Fsp3) is 0.512. The van der Waals surface area contributed by atoms with Gasteiger partial charge in [-0.05, 0) is 73.6 Å². The summed E-state index contributed by atoms with van der Waals surface area (Å²) >= 11 is 0. The Hall–Kier alpha value is -5.22. The molecule has 4 aliphatic rings. The number of carboxylic acid groups (broad SMARTS) is 1. The molecule has 8 N–H and O–H groups in total. The summed E-state index contributed by atoms with van der Waals surface area (Å²) in [5, 5.41) is 43.7. The smallest absolute Gasteiger partial charge is 0.335 e. The van der Waals surface area contributed by atoms with Crippen molar-refractivity contribution in [2.24, 2.45) is 29.4 Å². The zero-order valence-electron chi connectivity index (χ0n) is 33.0. The standard InChI is InChI=1S/C41H48F2N6O12/c42-23-14-25-26(17-46-37(25)45-16-23)38-47-18-27(43)28(49-38)15-24-21-2-4-22(5-3-21)32(24)40(56)59-19-20-1-6-30(60-41-35(53)33(51)34(52)36(61-41)39(54)55)29(13-20)48-31(50)7-9-57-11-12-58-10-8-44/h1,6,13-14,16-18,21-22,24,32-36,41,51-53H,2-5,7-12,15,19,44H2,(H,45,46)(H,48,50)(H,54,55)/t21?,22?,24-,32-,33-,34-,35+,36-,41+/m0/s1. The molecule has 0 unspecified atom stereocenters. The summed E-state index contributed by atoms with van der Waals surface area (Å²) in [6, 6.07) is 5.66. The van der Waals surface area contributed by atoms with E-state index >= 15 is 4.39 Å². The maximum absolute atomic E-state index is 15.4. The molecule has 3 saturated carbocycles. The molecule has 18 nitrogen and oxygen atoms in total. The van der Waals surface area contributed by atoms with Crippen molar-refractivity contribution in [1.29, 1.82) is 0 Å². The number of carbonyl (C=O) groups excluding carboxylic acids is 2. The van der Waals surface area contributed by atoms with Gasteiger partial charge in [0, 0.05) is 23.7 Å². The second-order valence-corrected chi connectivity index (χ2v) is 15.4. The molecule has 1 aromatic carbocycles. The number of nitrogens with zero attached hydrogens (tertiary/aromatic N) is 3. The number of benzene rings is 1. The quantitative estimate of drug-likeness (QED) is 0.0559. The number of carbonyl (C=O) groups is 3. The van der Waals surface area contributed by atoms with Crippen LogP contribution in [0.2, 0.25) is 0 Å². The Labute approximate surface area is 347 Å². The average Bonchev–Trinajstić information content (AvgIpc) is 3.67. The third kappa shape index (κ3) is 10.1. The number of aliphatic hydroxyl groups is 3. The number of aliphatic hydroxyl groups excluding tert-OH is 3. The summed E-state index contributed by atoms with van der Waals surface area (Å²) in [5.74, 6) is -4.41. The Balaban J connectivity index is 1.06. The molecule has 328 valence electrons. The fourth-order valence-electron chi connectivity index (χ4n) is 8.47. The fourth-order valence-corrected chi connectivity index (χ4v) is 8.47. The maximum atomic E-state index is 15.4. The molecule has 1 amide bonds. The number of aliphatic carboxylic acids is 1. The van der Waals surface area contributed by atoms with Crippen molar-refractivity contribution in [1.82, 2.24) is 19.9 Å². The number of nitrogens with two attached hydrogens (primary N) is 1. The van der Waals surface area contributed by atoms with Gasteiger partial charge in [-0.1, -0.05) is 6.07 Å². The SMILES string of the molecule is NCCOCCOCCC(=O)Nc1cc(COC(=O)[C@H]2C3CCC(CC3)[C@@H]2Cc2nc(-c3c[nH]c4ncc(F)cc34)ncc2F)ccc1O[C@@H]1O[C@H](C(=O)O)[C@@H](O)[C@H](O)[C@H]1O. The first kappa shape index (κ1) is 43.9. The molecule has 1 saturated heterocycles. The first-order valence-electron chi connectivity index (χ1n) is 20.1. The monoisotopic (exact) mass is 854 g/mol. The van der Waals surface area contributed by atoms with Gasteiger partial charge in [0.15, 0.2) is 17.7 Å². The van der Waals surface area contributed by atoms with Crippen molar-refractivity contribution in [3.05, 3.63) is 65.7 Å². The lowest BCUT2D eigenvalue weighted by molar-refractivity contribution is -0.271. The lowest BCUT2D eigenvalue weighted by Crippen LogP contribution is -2.61. The van der Waals surface area contributed by atoms with Crippen LogP contribution in [0.1, 0.15) is 43.4 Å². The number of fused-ring (bicyclic) bond motifs is 4. The number of amides is 1. The Kier molecular flexibility index (Phi) is 14.1. The van der Waals surface area contributed by atoms with E-state index in [1.54, 1.807) is 6.20 Å². The lowest BCUT2D eigenvalue weighted by Gasteiger charge is -2.47. The highest BCUT2D eigenvalue weighted by molar-refractivity contribution is 5.93. The van der Waals surface area contributed by atoms with Gasteiger partial charge in [-0.15, -0.1) is 0 Å². The van der Waals surface area contributed by atoms with E-state index in [9.17, 15) is 39.2 Å². The molecule has 2 bridgehead atoms. The number of halogens is 2. The maximum Gasteiger partial charge on any atom is 0.335 e. The molecule has 4 aromatic rings. The Morgan fingerprint density at radius 2 is 1.69 bits per heavy atom. The zero-order valence-corrected chi connectivity index (χ0v) is 33.0. The highest BCUT2D eigenvalue weighted by Gasteiger charge is 2.49. The number of carboxylic acids is 1. The van der Waals surface area contributed by atoms with Crippen molar-refractivity contribution >= 4 is 34.6 Å². The molecule has 8 rings (SSSR count). The van der Waals surface area contributed by atoms with Gasteiger partial charge in [0.1, 0.15) is 42.1 Å². The van der Waals surface area contributed by atoms with Crippen LogP contribution < -0.4 is 15.8 Å². The largest absolute Gasteiger partial charge is 0.479 e. The van der Waals surface area contributed by atoms with Crippen molar-refractivity contribution < 1.29 is 67.3 Å². The summed E-state index contributed by atoms with van der Waals surface area (Å²) in [6.45, 7) is 1.03. The molecule has 0 spiro atoms. The Morgan fingerprint density at radius 3 is 2.44 bits per heavy atom. The van der Waals surface area contributed by atoms with E-state index < -0.39 is 66.1 Å². The second kappa shape index (κ2) is 19.7. The van der Waals surface area contributed by atoms with E-state index in [1.165, 1.54) is 24.3 Å². The molecule has 7 atom stereocenters. The molecular formula is C41H48F2N6O12. The normalized spacial score (nSPS) is 26.0. The van der Waals surface area contributed by atoms with Gasteiger partial charge in [0.05, 0.1) is 62.5 Å². The second-order valence-electron chi connectivity index (χ2n) is 15.4. The van der Waals surface area contributed by atoms with E-state index in [4.69, 9.17) is 29.4 Å². The van der Waals surface area contributed by atoms with E-state index in [1.807, 2.05) is 0 Å². The lowest BCUT2D eigenvalue weighted by atomic mass is 9.57. The van der Waals surface area contributed by atoms with Crippen LogP contribution in [0.4, 0.5) is 14.5 Å². The number of nitrogens with one attached hydrogen (secondary N) is 2. The summed E-state index contributed by atoms with van der Waals surface area (Å²) in [6.07, 6.45) is -2.31. The Morgan fingerprint density at radius 1 is 0.934 bits per heavy atom. The van der Waals surface area contributed by atoms with Gasteiger partial charge < -0.3 is 60.1 Å². The van der Waals surface area contributed by atoms with Crippen LogP contribution in [-0.4, -0.2) is 122 Å². The number of aromatic amines is 1. The van der Waals surface area contributed by atoms with Gasteiger partial charge in [-0.3, -0.25) is 9.59 Å². The van der Waals surface area contributed by atoms with E-state index in [-0.39, 0.29) is 80.0 Å². The zero-order chi connectivity index (χ0) is 43.2. The first-order valence-corrected chi connectivity index (χ1v) is 20.1. The molecule has 1 aliphatic heterocycles. The number of hydrogen-bond donors (Lipinski definition) is 7. The van der Waals surface area contributed by atoms with Gasteiger partial charge in [0.2, 0.25) is 12.2 Å². The summed E-state index contributed by atoms with van der Waals surface area (Å²) in [7, 11) is 0. The van der Waals surface area contributed by atoms with Crippen LogP contribution in [0.25, 0.3) is 22.4 Å². The van der Waals surface area contributed by atoms with Crippen LogP contribution in [0.5, 0.6) is 5.75 Å². The average molecular weight is 855 g/mol. The number of H-pyrrole nitrogens is 1. The topological polar surface area (TPSA) is 271 Å². The van der Waals surface area contributed by atoms with Gasteiger partial charge in [-0.25, -0.2) is 28.5 Å². The van der Waals surface area contributed by atoms with E-state index in [2.05, 4.69) is 25.3 Å². The summed E-state index contributed by atoms with van der Waals surface area (Å²) in [5.41, 5.74) is 6.86. The predicted molar refractivity (Wildman–Crippen MR) is 208 cm³/mol. The number of pyridine rings is 1. The van der Waals surface area contributed by atoms with Crippen LogP contribution in [0, 0.1) is 35.3 Å². The van der Waals surface area contributed by atoms with Crippen molar-refractivity contribution in [2.75, 3.05) is 38.3 Å². The number of esters is 1. The van der Waals surface area contributed by atoms with Gasteiger partial charge in [0.25, 0.3) is 0 Å². The molecule has 3 aromatic heterocycles. The van der Waals surface area contributed by atoms with Gasteiger partial charge in [-0.2, -0.15) is 0 Å². The third-order valence-corrected chi connectivity index (χ3v) is 11.5. The number of hydrogen-bond acceptors (Lipinski definition) is 15. The van der Waals surface area contributed by atoms with Crippen molar-refractivity contribution in [3.63, 3.8) is 0 Å². The van der Waals surface area contributed by atoms with Crippen LogP contribution in [0.15, 0.2) is 42.9 Å². The van der Waals surface area contributed by atoms with Crippen LogP contribution >= 0.6 is 0 Å². The minimum atomic E-state index is -1.95. The summed E-state index contributed by atoms with van der Waals surface area (Å²) in [4.78, 5) is 54.5. The highest BCUT2D eigenvalue weighted by atomic mass is 19.1. The molecule has 4 fully saturated rings. The number of ether oxygens (including phenoxy) is 5.